The first kappa shape index (κ1) is 23.1. The molecule has 3 rings (SSSR count). The van der Waals surface area contributed by atoms with Gasteiger partial charge in [0.1, 0.15) is 5.82 Å². The van der Waals surface area contributed by atoms with Gasteiger partial charge < -0.3 is 10.6 Å². The summed E-state index contributed by atoms with van der Waals surface area (Å²) in [5.41, 5.74) is 1.56. The Morgan fingerprint density at radius 2 is 1.74 bits per heavy atom. The fraction of sp³-hybridized carbons (Fsp3) is 0.174. The van der Waals surface area contributed by atoms with Crippen molar-refractivity contribution in [3.8, 4) is 0 Å². The monoisotopic (exact) mass is 473 g/mol. The van der Waals surface area contributed by atoms with E-state index in [0.29, 0.717) is 28.0 Å². The second-order valence-corrected chi connectivity index (χ2v) is 8.89. The standard InChI is InChI=1S/C23H21Cl2N3O2S/c1-2-20(23(30)28-21-11-10-17(25)14-26-21)31-19-5-3-4-18(13-19)27-22(29)12-15-6-8-16(24)9-7-15/h3-11,13-14,20H,2,12H2,1H3,(H,27,29)(H,26,28,30). The maximum Gasteiger partial charge on any atom is 0.239 e. The number of aromatic nitrogens is 1. The molecule has 2 amide bonds. The van der Waals surface area contributed by atoms with Crippen molar-refractivity contribution in [3.05, 3.63) is 82.5 Å². The first-order valence-corrected chi connectivity index (χ1v) is 11.3. The number of carbonyl (C=O) groups is 2. The number of rotatable bonds is 8. The summed E-state index contributed by atoms with van der Waals surface area (Å²) >= 11 is 13.1. The lowest BCUT2D eigenvalue weighted by Gasteiger charge is -2.15. The molecule has 160 valence electrons. The van der Waals surface area contributed by atoms with E-state index in [1.54, 1.807) is 24.3 Å². The number of anilines is 2. The highest BCUT2D eigenvalue weighted by Crippen LogP contribution is 2.28. The second kappa shape index (κ2) is 11.2. The lowest BCUT2D eigenvalue weighted by atomic mass is 10.1. The minimum atomic E-state index is -0.308. The van der Waals surface area contributed by atoms with E-state index < -0.39 is 0 Å². The van der Waals surface area contributed by atoms with Crippen molar-refractivity contribution >= 4 is 58.3 Å². The molecule has 31 heavy (non-hydrogen) atoms. The molecule has 1 aromatic heterocycles. The molecule has 5 nitrogen and oxygen atoms in total. The van der Waals surface area contributed by atoms with Crippen LogP contribution in [-0.4, -0.2) is 22.0 Å². The zero-order valence-corrected chi connectivity index (χ0v) is 19.1. The van der Waals surface area contributed by atoms with E-state index >= 15 is 0 Å². The quantitative estimate of drug-likeness (QED) is 0.388. The summed E-state index contributed by atoms with van der Waals surface area (Å²) in [6.07, 6.45) is 2.38. The molecule has 0 saturated heterocycles. The topological polar surface area (TPSA) is 71.1 Å². The summed E-state index contributed by atoms with van der Waals surface area (Å²) in [7, 11) is 0. The second-order valence-electron chi connectivity index (χ2n) is 6.74. The van der Waals surface area contributed by atoms with Gasteiger partial charge >= 0.3 is 0 Å². The molecule has 0 radical (unpaired) electrons. The van der Waals surface area contributed by atoms with Crippen LogP contribution in [0, 0.1) is 0 Å². The molecule has 0 aliphatic heterocycles. The lowest BCUT2D eigenvalue weighted by Crippen LogP contribution is -2.25. The van der Waals surface area contributed by atoms with Gasteiger partial charge in [0.2, 0.25) is 11.8 Å². The fourth-order valence-electron chi connectivity index (χ4n) is 2.78. The number of nitrogens with zero attached hydrogens (tertiary/aromatic N) is 1. The molecule has 0 aliphatic carbocycles. The highest BCUT2D eigenvalue weighted by molar-refractivity contribution is 8.00. The van der Waals surface area contributed by atoms with Crippen LogP contribution < -0.4 is 10.6 Å². The Kier molecular flexibility index (Phi) is 8.35. The van der Waals surface area contributed by atoms with E-state index in [1.807, 2.05) is 43.3 Å². The van der Waals surface area contributed by atoms with Crippen LogP contribution in [0.5, 0.6) is 0 Å². The van der Waals surface area contributed by atoms with Crippen molar-refractivity contribution in [1.29, 1.82) is 0 Å². The molecule has 8 heteroatoms. The summed E-state index contributed by atoms with van der Waals surface area (Å²) in [4.78, 5) is 30.0. The van der Waals surface area contributed by atoms with Gasteiger partial charge in [0.25, 0.3) is 0 Å². The number of carbonyl (C=O) groups excluding carboxylic acids is 2. The molecule has 0 bridgehead atoms. The van der Waals surface area contributed by atoms with Crippen molar-refractivity contribution in [2.45, 2.75) is 29.9 Å². The smallest absolute Gasteiger partial charge is 0.239 e. The van der Waals surface area contributed by atoms with Crippen molar-refractivity contribution in [2.24, 2.45) is 0 Å². The zero-order chi connectivity index (χ0) is 22.2. The molecule has 2 N–H and O–H groups in total. The van der Waals surface area contributed by atoms with Gasteiger partial charge in [-0.05, 0) is 54.4 Å². The summed E-state index contributed by atoms with van der Waals surface area (Å²) in [5, 5.41) is 6.55. The van der Waals surface area contributed by atoms with Crippen LogP contribution in [0.4, 0.5) is 11.5 Å². The fourth-order valence-corrected chi connectivity index (χ4v) is 4.03. The zero-order valence-electron chi connectivity index (χ0n) is 16.8. The van der Waals surface area contributed by atoms with Gasteiger partial charge in [0.15, 0.2) is 0 Å². The molecule has 0 fully saturated rings. The average Bonchev–Trinajstić information content (AvgIpc) is 2.75. The normalized spacial score (nSPS) is 11.6. The van der Waals surface area contributed by atoms with Gasteiger partial charge in [-0.25, -0.2) is 4.98 Å². The molecule has 1 unspecified atom stereocenters. The Morgan fingerprint density at radius 1 is 1.00 bits per heavy atom. The van der Waals surface area contributed by atoms with Crippen molar-refractivity contribution in [3.63, 3.8) is 0 Å². The molecule has 0 saturated carbocycles. The summed E-state index contributed by atoms with van der Waals surface area (Å²) < 4.78 is 0. The highest BCUT2D eigenvalue weighted by Gasteiger charge is 2.19. The minimum Gasteiger partial charge on any atom is -0.326 e. The SMILES string of the molecule is CCC(Sc1cccc(NC(=O)Cc2ccc(Cl)cc2)c1)C(=O)Nc1ccc(Cl)cn1. The van der Waals surface area contributed by atoms with Crippen LogP contribution in [0.1, 0.15) is 18.9 Å². The van der Waals surface area contributed by atoms with Crippen LogP contribution in [0.15, 0.2) is 71.8 Å². The van der Waals surface area contributed by atoms with Gasteiger partial charge in [-0.1, -0.05) is 48.3 Å². The number of halogens is 2. The van der Waals surface area contributed by atoms with E-state index in [0.717, 1.165) is 10.5 Å². The van der Waals surface area contributed by atoms with Crippen molar-refractivity contribution in [1.82, 2.24) is 4.98 Å². The molecule has 1 heterocycles. The minimum absolute atomic E-state index is 0.122. The van der Waals surface area contributed by atoms with Crippen molar-refractivity contribution in [2.75, 3.05) is 10.6 Å². The van der Waals surface area contributed by atoms with E-state index in [-0.39, 0.29) is 23.5 Å². The Morgan fingerprint density at radius 3 is 2.42 bits per heavy atom. The first-order valence-electron chi connectivity index (χ1n) is 9.66. The third kappa shape index (κ3) is 7.28. The number of pyridine rings is 1. The van der Waals surface area contributed by atoms with Crippen LogP contribution in [-0.2, 0) is 16.0 Å². The largest absolute Gasteiger partial charge is 0.326 e. The third-order valence-corrected chi connectivity index (χ3v) is 6.15. The average molecular weight is 474 g/mol. The molecule has 2 aromatic carbocycles. The molecule has 0 aliphatic rings. The van der Waals surface area contributed by atoms with E-state index in [4.69, 9.17) is 23.2 Å². The maximum atomic E-state index is 12.6. The molecular formula is C23H21Cl2N3O2S. The Bertz CT molecular complexity index is 1040. The summed E-state index contributed by atoms with van der Waals surface area (Å²) in [5.74, 6) is 0.194. The highest BCUT2D eigenvalue weighted by atomic mass is 35.5. The van der Waals surface area contributed by atoms with Crippen LogP contribution >= 0.6 is 35.0 Å². The number of benzene rings is 2. The van der Waals surface area contributed by atoms with Gasteiger partial charge in [0, 0.05) is 21.8 Å². The Labute approximate surface area is 195 Å². The predicted octanol–water partition coefficient (Wildman–Crippen LogP) is 6.08. The van der Waals surface area contributed by atoms with Crippen LogP contribution in [0.2, 0.25) is 10.0 Å². The van der Waals surface area contributed by atoms with Gasteiger partial charge in [-0.2, -0.15) is 0 Å². The molecule has 3 aromatic rings. The first-order chi connectivity index (χ1) is 14.9. The van der Waals surface area contributed by atoms with Crippen LogP contribution in [0.3, 0.4) is 0 Å². The predicted molar refractivity (Wildman–Crippen MR) is 128 cm³/mol. The van der Waals surface area contributed by atoms with Gasteiger partial charge in [0.05, 0.1) is 16.7 Å². The lowest BCUT2D eigenvalue weighted by molar-refractivity contribution is -0.116. The summed E-state index contributed by atoms with van der Waals surface area (Å²) in [6.45, 7) is 1.95. The van der Waals surface area contributed by atoms with Gasteiger partial charge in [-0.3, -0.25) is 9.59 Å². The van der Waals surface area contributed by atoms with Crippen molar-refractivity contribution < 1.29 is 9.59 Å². The molecule has 1 atom stereocenters. The number of hydrogen-bond acceptors (Lipinski definition) is 4. The molecule has 0 spiro atoms. The summed E-state index contributed by atoms with van der Waals surface area (Å²) in [6, 6.07) is 18.0. The number of nitrogens with one attached hydrogen (secondary N) is 2. The number of hydrogen-bond donors (Lipinski definition) is 2. The van der Waals surface area contributed by atoms with E-state index in [9.17, 15) is 9.59 Å². The maximum absolute atomic E-state index is 12.6. The Balaban J connectivity index is 1.60. The number of amides is 2. The molecular weight excluding hydrogens is 453 g/mol. The number of thioether (sulfide) groups is 1. The Hall–Kier alpha value is -2.54. The van der Waals surface area contributed by atoms with E-state index in [1.165, 1.54) is 18.0 Å². The van der Waals surface area contributed by atoms with Crippen LogP contribution in [0.25, 0.3) is 0 Å². The van der Waals surface area contributed by atoms with E-state index in [2.05, 4.69) is 15.6 Å². The third-order valence-electron chi connectivity index (χ3n) is 4.32. The van der Waals surface area contributed by atoms with Gasteiger partial charge in [-0.15, -0.1) is 11.8 Å².